The number of likely N-dealkylation sites (N-methyl/N-ethyl adjacent to an activating group) is 1. The van der Waals surface area contributed by atoms with Gasteiger partial charge in [-0.05, 0) is 19.4 Å². The van der Waals surface area contributed by atoms with Crippen LogP contribution in [0.3, 0.4) is 0 Å². The van der Waals surface area contributed by atoms with Crippen molar-refractivity contribution in [3.63, 3.8) is 0 Å². The summed E-state index contributed by atoms with van der Waals surface area (Å²) in [6.45, 7) is 2.47. The fourth-order valence-electron chi connectivity index (χ4n) is 1.44. The van der Waals surface area contributed by atoms with E-state index in [1.54, 1.807) is 19.0 Å². The molecule has 0 aromatic heterocycles. The Balaban J connectivity index is 2.03. The van der Waals surface area contributed by atoms with Gasteiger partial charge in [0.25, 0.3) is 0 Å². The Morgan fingerprint density at radius 1 is 1.62 bits per heavy atom. The Labute approximate surface area is 79.7 Å². The number of amides is 1. The Bertz CT molecular complexity index is 164. The molecule has 0 aliphatic carbocycles. The summed E-state index contributed by atoms with van der Waals surface area (Å²) in [6, 6.07) is 0.565. The van der Waals surface area contributed by atoms with Crippen LogP contribution in [0, 0.1) is 0 Å². The average Bonchev–Trinajstić information content (AvgIpc) is 2.56. The van der Waals surface area contributed by atoms with Gasteiger partial charge in [0.2, 0.25) is 5.91 Å². The molecule has 0 radical (unpaired) electrons. The quantitative estimate of drug-likeness (QED) is 0.615. The van der Waals surface area contributed by atoms with E-state index in [1.807, 2.05) is 0 Å². The third-order valence-electron chi connectivity index (χ3n) is 2.33. The molecule has 0 bridgehead atoms. The van der Waals surface area contributed by atoms with Crippen LogP contribution >= 0.6 is 0 Å². The highest BCUT2D eigenvalue weighted by atomic mass is 16.2. The molecule has 1 rings (SSSR count). The fraction of sp³-hybridized carbons (Fsp3) is 0.889. The molecule has 1 saturated heterocycles. The minimum atomic E-state index is 0.137. The topological polar surface area (TPSA) is 44.4 Å². The van der Waals surface area contributed by atoms with E-state index in [4.69, 9.17) is 0 Å². The number of nitrogens with one attached hydrogen (secondary N) is 2. The van der Waals surface area contributed by atoms with Gasteiger partial charge in [-0.3, -0.25) is 4.79 Å². The van der Waals surface area contributed by atoms with Crippen molar-refractivity contribution in [1.82, 2.24) is 15.5 Å². The van der Waals surface area contributed by atoms with E-state index < -0.39 is 0 Å². The van der Waals surface area contributed by atoms with Crippen LogP contribution in [-0.4, -0.2) is 50.6 Å². The molecule has 1 atom stereocenters. The third kappa shape index (κ3) is 3.74. The van der Waals surface area contributed by atoms with E-state index >= 15 is 0 Å². The summed E-state index contributed by atoms with van der Waals surface area (Å²) in [5.74, 6) is 0.137. The predicted octanol–water partition coefficient (Wildman–Crippen LogP) is -0.584. The molecule has 76 valence electrons. The average molecular weight is 185 g/mol. The molecule has 4 nitrogen and oxygen atoms in total. The summed E-state index contributed by atoms with van der Waals surface area (Å²) in [7, 11) is 3.55. The molecule has 1 aliphatic rings. The highest BCUT2D eigenvalue weighted by Crippen LogP contribution is 2.02. The van der Waals surface area contributed by atoms with Gasteiger partial charge in [0.1, 0.15) is 0 Å². The van der Waals surface area contributed by atoms with Crippen LogP contribution in [-0.2, 0) is 4.79 Å². The Hall–Kier alpha value is -0.610. The molecule has 13 heavy (non-hydrogen) atoms. The molecule has 4 heteroatoms. The molecule has 0 aromatic carbocycles. The second kappa shape index (κ2) is 5.19. The molecule has 0 spiro atoms. The molecule has 0 aromatic rings. The van der Waals surface area contributed by atoms with Crippen LogP contribution in [0.15, 0.2) is 0 Å². The number of hydrogen-bond donors (Lipinski definition) is 2. The van der Waals surface area contributed by atoms with Gasteiger partial charge in [-0.15, -0.1) is 0 Å². The van der Waals surface area contributed by atoms with Gasteiger partial charge in [-0.1, -0.05) is 0 Å². The summed E-state index contributed by atoms with van der Waals surface area (Å²) in [5, 5.41) is 6.53. The lowest BCUT2D eigenvalue weighted by Gasteiger charge is -2.13. The number of nitrogens with zero attached hydrogens (tertiary/aromatic N) is 1. The Kier molecular flexibility index (Phi) is 4.18. The first kappa shape index (κ1) is 10.5. The van der Waals surface area contributed by atoms with Crippen LogP contribution in [0.2, 0.25) is 0 Å². The molecule has 1 fully saturated rings. The highest BCUT2D eigenvalue weighted by molar-refractivity contribution is 5.77. The molecular formula is C9H19N3O. The third-order valence-corrected chi connectivity index (χ3v) is 2.33. The lowest BCUT2D eigenvalue weighted by molar-refractivity contribution is -0.127. The second-order valence-electron chi connectivity index (χ2n) is 3.71. The van der Waals surface area contributed by atoms with Crippen molar-refractivity contribution in [2.75, 3.05) is 33.7 Å². The van der Waals surface area contributed by atoms with Gasteiger partial charge in [0.05, 0.1) is 6.54 Å². The van der Waals surface area contributed by atoms with Crippen LogP contribution in [0.5, 0.6) is 0 Å². The summed E-state index contributed by atoms with van der Waals surface area (Å²) < 4.78 is 0. The zero-order valence-corrected chi connectivity index (χ0v) is 8.47. The predicted molar refractivity (Wildman–Crippen MR) is 52.6 cm³/mol. The Morgan fingerprint density at radius 3 is 2.92 bits per heavy atom. The number of hydrogen-bond acceptors (Lipinski definition) is 3. The van der Waals surface area contributed by atoms with Crippen molar-refractivity contribution in [3.8, 4) is 0 Å². The van der Waals surface area contributed by atoms with E-state index in [9.17, 15) is 4.79 Å². The van der Waals surface area contributed by atoms with E-state index in [0.717, 1.165) is 13.1 Å². The van der Waals surface area contributed by atoms with Crippen molar-refractivity contribution >= 4 is 5.91 Å². The molecular weight excluding hydrogens is 166 g/mol. The number of carbonyl (C=O) groups excluding carboxylic acids is 1. The lowest BCUT2D eigenvalue weighted by Crippen LogP contribution is -2.39. The standard InChI is InChI=1S/C9H19N3O/c1-12(2)9(13)7-10-6-8-4-3-5-11-8/h8,10-11H,3-7H2,1-2H3. The summed E-state index contributed by atoms with van der Waals surface area (Å²) in [6.07, 6.45) is 2.48. The number of carbonyl (C=O) groups is 1. The van der Waals surface area contributed by atoms with Gasteiger partial charge in [0.15, 0.2) is 0 Å². The maximum Gasteiger partial charge on any atom is 0.236 e. The van der Waals surface area contributed by atoms with E-state index in [2.05, 4.69) is 10.6 Å². The molecule has 0 saturated carbocycles. The zero-order chi connectivity index (χ0) is 9.68. The maximum atomic E-state index is 11.2. The first-order chi connectivity index (χ1) is 6.20. The van der Waals surface area contributed by atoms with E-state index in [1.165, 1.54) is 12.8 Å². The first-order valence-electron chi connectivity index (χ1n) is 4.84. The van der Waals surface area contributed by atoms with E-state index in [-0.39, 0.29) is 5.91 Å². The van der Waals surface area contributed by atoms with E-state index in [0.29, 0.717) is 12.6 Å². The summed E-state index contributed by atoms with van der Waals surface area (Å²) in [5.41, 5.74) is 0. The summed E-state index contributed by atoms with van der Waals surface area (Å²) >= 11 is 0. The largest absolute Gasteiger partial charge is 0.348 e. The lowest BCUT2D eigenvalue weighted by atomic mass is 10.2. The SMILES string of the molecule is CN(C)C(=O)CNCC1CCCN1. The van der Waals surface area contributed by atoms with Gasteiger partial charge in [0, 0.05) is 26.7 Å². The normalized spacial score (nSPS) is 21.8. The first-order valence-corrected chi connectivity index (χ1v) is 4.84. The zero-order valence-electron chi connectivity index (χ0n) is 8.47. The molecule has 1 unspecified atom stereocenters. The fourth-order valence-corrected chi connectivity index (χ4v) is 1.44. The van der Waals surface area contributed by atoms with Crippen molar-refractivity contribution in [2.45, 2.75) is 18.9 Å². The summed E-state index contributed by atoms with van der Waals surface area (Å²) in [4.78, 5) is 12.8. The van der Waals surface area contributed by atoms with Crippen LogP contribution in [0.4, 0.5) is 0 Å². The monoisotopic (exact) mass is 185 g/mol. The smallest absolute Gasteiger partial charge is 0.236 e. The molecule has 1 amide bonds. The van der Waals surface area contributed by atoms with Crippen molar-refractivity contribution in [1.29, 1.82) is 0 Å². The minimum absolute atomic E-state index is 0.137. The van der Waals surface area contributed by atoms with Gasteiger partial charge in [-0.25, -0.2) is 0 Å². The Morgan fingerprint density at radius 2 is 2.38 bits per heavy atom. The van der Waals surface area contributed by atoms with Crippen molar-refractivity contribution in [3.05, 3.63) is 0 Å². The van der Waals surface area contributed by atoms with Crippen molar-refractivity contribution < 1.29 is 4.79 Å². The van der Waals surface area contributed by atoms with Crippen LogP contribution in [0.1, 0.15) is 12.8 Å². The van der Waals surface area contributed by atoms with Crippen LogP contribution in [0.25, 0.3) is 0 Å². The van der Waals surface area contributed by atoms with Gasteiger partial charge >= 0.3 is 0 Å². The second-order valence-corrected chi connectivity index (χ2v) is 3.71. The number of rotatable bonds is 4. The molecule has 1 aliphatic heterocycles. The van der Waals surface area contributed by atoms with Gasteiger partial charge in [-0.2, -0.15) is 0 Å². The minimum Gasteiger partial charge on any atom is -0.348 e. The van der Waals surface area contributed by atoms with Crippen LogP contribution < -0.4 is 10.6 Å². The molecule has 1 heterocycles. The molecule has 2 N–H and O–H groups in total. The van der Waals surface area contributed by atoms with Crippen molar-refractivity contribution in [2.24, 2.45) is 0 Å². The maximum absolute atomic E-state index is 11.2. The highest BCUT2D eigenvalue weighted by Gasteiger charge is 2.13. The van der Waals surface area contributed by atoms with Gasteiger partial charge < -0.3 is 15.5 Å².